The zero-order chi connectivity index (χ0) is 14.5. The summed E-state index contributed by atoms with van der Waals surface area (Å²) < 4.78 is 2.06. The second kappa shape index (κ2) is 7.46. The Hall–Kier alpha value is -0.540. The topological polar surface area (TPSA) is 29.9 Å². The maximum Gasteiger partial charge on any atom is 0.0834 e. The molecule has 1 aliphatic rings. The van der Waals surface area contributed by atoms with Crippen LogP contribution in [0.3, 0.4) is 0 Å². The molecular formula is C16H28ClN3. The van der Waals surface area contributed by atoms with Gasteiger partial charge in [0.1, 0.15) is 0 Å². The summed E-state index contributed by atoms with van der Waals surface area (Å²) in [5.74, 6) is 1.57. The monoisotopic (exact) mass is 297 g/mol. The molecule has 1 N–H and O–H groups in total. The van der Waals surface area contributed by atoms with Gasteiger partial charge >= 0.3 is 0 Å². The number of aromatic nitrogens is 2. The van der Waals surface area contributed by atoms with Gasteiger partial charge in [0.2, 0.25) is 0 Å². The number of nitrogens with one attached hydrogen (secondary N) is 1. The summed E-state index contributed by atoms with van der Waals surface area (Å²) >= 11 is 6.42. The molecule has 1 heterocycles. The first kappa shape index (κ1) is 15.8. The van der Waals surface area contributed by atoms with Crippen molar-refractivity contribution in [3.05, 3.63) is 16.9 Å². The van der Waals surface area contributed by atoms with Gasteiger partial charge in [0, 0.05) is 6.54 Å². The van der Waals surface area contributed by atoms with Crippen LogP contribution in [0.1, 0.15) is 64.6 Å². The van der Waals surface area contributed by atoms with Gasteiger partial charge in [0.05, 0.1) is 23.0 Å². The Balaban J connectivity index is 2.20. The van der Waals surface area contributed by atoms with E-state index >= 15 is 0 Å². The summed E-state index contributed by atoms with van der Waals surface area (Å²) in [6.45, 7) is 8.64. The molecule has 20 heavy (non-hydrogen) atoms. The highest BCUT2D eigenvalue weighted by atomic mass is 35.5. The van der Waals surface area contributed by atoms with E-state index in [2.05, 4.69) is 35.9 Å². The van der Waals surface area contributed by atoms with Crippen LogP contribution in [0, 0.1) is 11.8 Å². The predicted octanol–water partition coefficient (Wildman–Crippen LogP) is 4.42. The second-order valence-corrected chi connectivity index (χ2v) is 6.55. The maximum absolute atomic E-state index is 6.42. The summed E-state index contributed by atoms with van der Waals surface area (Å²) in [6.07, 6.45) is 8.23. The highest BCUT2D eigenvalue weighted by Gasteiger charge is 2.30. The van der Waals surface area contributed by atoms with Crippen molar-refractivity contribution >= 4 is 11.6 Å². The van der Waals surface area contributed by atoms with E-state index in [0.29, 0.717) is 12.0 Å². The smallest absolute Gasteiger partial charge is 0.0834 e. The van der Waals surface area contributed by atoms with Crippen LogP contribution in [-0.2, 0) is 6.54 Å². The Morgan fingerprint density at radius 1 is 1.35 bits per heavy atom. The highest BCUT2D eigenvalue weighted by Crippen LogP contribution is 2.38. The average Bonchev–Trinajstić information content (AvgIpc) is 2.82. The fraction of sp³-hybridized carbons (Fsp3) is 0.812. The first-order valence-corrected chi connectivity index (χ1v) is 8.49. The molecule has 0 spiro atoms. The second-order valence-electron chi connectivity index (χ2n) is 6.15. The molecule has 0 bridgehead atoms. The Morgan fingerprint density at radius 3 is 2.65 bits per heavy atom. The molecule has 1 atom stereocenters. The van der Waals surface area contributed by atoms with Crippen LogP contribution in [0.5, 0.6) is 0 Å². The molecule has 114 valence electrons. The van der Waals surface area contributed by atoms with Gasteiger partial charge in [-0.25, -0.2) is 0 Å². The molecule has 0 aromatic carbocycles. The lowest BCUT2D eigenvalue weighted by Crippen LogP contribution is -2.33. The molecule has 1 aliphatic carbocycles. The van der Waals surface area contributed by atoms with E-state index in [1.807, 2.05) is 0 Å². The van der Waals surface area contributed by atoms with Gasteiger partial charge in [-0.3, -0.25) is 4.68 Å². The van der Waals surface area contributed by atoms with Gasteiger partial charge in [-0.05, 0) is 44.6 Å². The molecular weight excluding hydrogens is 270 g/mol. The van der Waals surface area contributed by atoms with Crippen molar-refractivity contribution in [2.24, 2.45) is 11.8 Å². The quantitative estimate of drug-likeness (QED) is 0.842. The van der Waals surface area contributed by atoms with Crippen LogP contribution >= 0.6 is 11.6 Å². The van der Waals surface area contributed by atoms with E-state index in [1.165, 1.54) is 31.4 Å². The lowest BCUT2D eigenvalue weighted by Gasteiger charge is -2.34. The van der Waals surface area contributed by atoms with Crippen LogP contribution < -0.4 is 5.32 Å². The van der Waals surface area contributed by atoms with Crippen LogP contribution in [0.4, 0.5) is 0 Å². The lowest BCUT2D eigenvalue weighted by atomic mass is 9.78. The van der Waals surface area contributed by atoms with Gasteiger partial charge in [-0.2, -0.15) is 5.10 Å². The number of hydrogen-bond donors (Lipinski definition) is 1. The van der Waals surface area contributed by atoms with Crippen molar-refractivity contribution in [2.45, 2.75) is 65.5 Å². The van der Waals surface area contributed by atoms with Crippen molar-refractivity contribution in [1.82, 2.24) is 15.1 Å². The minimum atomic E-state index is 0.359. The van der Waals surface area contributed by atoms with Crippen molar-refractivity contribution < 1.29 is 0 Å². The minimum absolute atomic E-state index is 0.359. The summed E-state index contributed by atoms with van der Waals surface area (Å²) in [5, 5.41) is 8.96. The number of hydrogen-bond acceptors (Lipinski definition) is 2. The molecule has 1 aromatic heterocycles. The molecule has 1 unspecified atom stereocenters. The van der Waals surface area contributed by atoms with E-state index < -0.39 is 0 Å². The van der Waals surface area contributed by atoms with Gasteiger partial charge in [-0.1, -0.05) is 38.3 Å². The normalized spacial score (nSPS) is 24.8. The van der Waals surface area contributed by atoms with Crippen LogP contribution in [-0.4, -0.2) is 16.3 Å². The molecule has 4 heteroatoms. The van der Waals surface area contributed by atoms with Gasteiger partial charge in [0.15, 0.2) is 0 Å². The summed E-state index contributed by atoms with van der Waals surface area (Å²) in [7, 11) is 0. The van der Waals surface area contributed by atoms with Crippen molar-refractivity contribution in [3.8, 4) is 0 Å². The van der Waals surface area contributed by atoms with E-state index in [4.69, 9.17) is 11.6 Å². The van der Waals surface area contributed by atoms with Crippen LogP contribution in [0.15, 0.2) is 6.20 Å². The largest absolute Gasteiger partial charge is 0.308 e. The minimum Gasteiger partial charge on any atom is -0.308 e. The Kier molecular flexibility index (Phi) is 5.91. The molecule has 1 fully saturated rings. The van der Waals surface area contributed by atoms with Crippen LogP contribution in [0.2, 0.25) is 5.02 Å². The van der Waals surface area contributed by atoms with E-state index in [1.54, 1.807) is 6.20 Å². The zero-order valence-corrected chi connectivity index (χ0v) is 13.8. The lowest BCUT2D eigenvalue weighted by molar-refractivity contribution is 0.224. The number of nitrogens with zero attached hydrogens (tertiary/aromatic N) is 2. The van der Waals surface area contributed by atoms with Crippen molar-refractivity contribution in [2.75, 3.05) is 6.54 Å². The van der Waals surface area contributed by atoms with Crippen molar-refractivity contribution in [1.29, 1.82) is 0 Å². The molecule has 1 aromatic rings. The molecule has 2 rings (SSSR count). The summed E-state index contributed by atoms with van der Waals surface area (Å²) in [4.78, 5) is 0. The van der Waals surface area contributed by atoms with Crippen molar-refractivity contribution in [3.63, 3.8) is 0 Å². The van der Waals surface area contributed by atoms with E-state index in [-0.39, 0.29) is 0 Å². The third kappa shape index (κ3) is 3.56. The average molecular weight is 298 g/mol. The number of halogens is 1. The molecule has 0 aliphatic heterocycles. The molecule has 3 nitrogen and oxygen atoms in total. The fourth-order valence-electron chi connectivity index (χ4n) is 3.34. The van der Waals surface area contributed by atoms with Gasteiger partial charge in [0.25, 0.3) is 0 Å². The van der Waals surface area contributed by atoms with Gasteiger partial charge in [-0.15, -0.1) is 0 Å². The predicted molar refractivity (Wildman–Crippen MR) is 85.1 cm³/mol. The Labute approximate surface area is 128 Å². The Morgan fingerprint density at radius 2 is 2.05 bits per heavy atom. The molecule has 0 radical (unpaired) electrons. The first-order chi connectivity index (χ1) is 9.67. The standard InChI is InChI=1S/C16H28ClN3/c1-4-10-18-15(13-8-6-12(3)7-9-13)16-14(17)11-19-20(16)5-2/h11-13,15,18H,4-10H2,1-3H3. The third-order valence-corrected chi connectivity index (χ3v) is 4.86. The molecule has 1 saturated carbocycles. The highest BCUT2D eigenvalue weighted by molar-refractivity contribution is 6.31. The zero-order valence-electron chi connectivity index (χ0n) is 13.0. The third-order valence-electron chi connectivity index (χ3n) is 4.57. The van der Waals surface area contributed by atoms with Crippen LogP contribution in [0.25, 0.3) is 0 Å². The molecule has 0 amide bonds. The van der Waals surface area contributed by atoms with E-state index in [9.17, 15) is 0 Å². The maximum atomic E-state index is 6.42. The van der Waals surface area contributed by atoms with E-state index in [0.717, 1.165) is 30.5 Å². The summed E-state index contributed by atoms with van der Waals surface area (Å²) in [6, 6.07) is 0.359. The number of aryl methyl sites for hydroxylation is 1. The summed E-state index contributed by atoms with van der Waals surface area (Å²) in [5.41, 5.74) is 1.20. The first-order valence-electron chi connectivity index (χ1n) is 8.11. The molecule has 0 saturated heterocycles. The Bertz CT molecular complexity index is 408. The number of rotatable bonds is 6. The SMILES string of the molecule is CCCNC(c1c(Cl)cnn1CC)C1CCC(C)CC1. The fourth-order valence-corrected chi connectivity index (χ4v) is 3.60. The van der Waals surface area contributed by atoms with Gasteiger partial charge < -0.3 is 5.32 Å².